The SMILES string of the molecule is Cc1ccc(-c2ccc(C(F)(F)[C@@](O)(CN)c3ccc(C)cc3F)nc2)cc1.Cc1ccc(-c2ccc(C(F)(F)[C@@](O)(CN)c3ccc(F)cc3F)nc2)cc1. The number of halogens is 7. The minimum absolute atomic E-state index is 0.417. The number of hydrogen-bond acceptors (Lipinski definition) is 6. The fraction of sp³-hybridized carbons (Fsp3) is 0.209. The van der Waals surface area contributed by atoms with E-state index in [1.807, 2.05) is 62.4 Å². The normalized spacial score (nSPS) is 14.0. The first-order valence-electron chi connectivity index (χ1n) is 17.3. The highest BCUT2D eigenvalue weighted by Gasteiger charge is 2.57. The lowest BCUT2D eigenvalue weighted by Gasteiger charge is -2.35. The molecule has 0 aliphatic rings. The zero-order valence-corrected chi connectivity index (χ0v) is 30.6. The molecule has 6 rings (SSSR count). The van der Waals surface area contributed by atoms with E-state index in [1.165, 1.54) is 30.6 Å². The van der Waals surface area contributed by atoms with Gasteiger partial charge in [0.2, 0.25) is 0 Å². The van der Waals surface area contributed by atoms with Crippen LogP contribution in [0.1, 0.15) is 39.2 Å². The van der Waals surface area contributed by atoms with Crippen LogP contribution < -0.4 is 11.5 Å². The third-order valence-electron chi connectivity index (χ3n) is 9.52. The van der Waals surface area contributed by atoms with Crippen LogP contribution in [0.2, 0.25) is 0 Å². The van der Waals surface area contributed by atoms with Crippen molar-refractivity contribution >= 4 is 0 Å². The third kappa shape index (κ3) is 8.07. The maximum Gasteiger partial charge on any atom is 0.323 e. The highest BCUT2D eigenvalue weighted by atomic mass is 19.3. The van der Waals surface area contributed by atoms with Crippen molar-refractivity contribution < 1.29 is 40.9 Å². The van der Waals surface area contributed by atoms with Crippen LogP contribution in [0.5, 0.6) is 0 Å². The van der Waals surface area contributed by atoms with Crippen LogP contribution >= 0.6 is 0 Å². The number of hydrogen-bond donors (Lipinski definition) is 4. The average molecular weight is 777 g/mol. The van der Waals surface area contributed by atoms with Crippen LogP contribution in [-0.4, -0.2) is 33.3 Å². The van der Waals surface area contributed by atoms with Gasteiger partial charge in [-0.05, 0) is 61.7 Å². The molecule has 4 aromatic carbocycles. The van der Waals surface area contributed by atoms with Gasteiger partial charge in [0.25, 0.3) is 0 Å². The molecule has 0 fully saturated rings. The molecule has 292 valence electrons. The van der Waals surface area contributed by atoms with Crippen molar-refractivity contribution in [2.75, 3.05) is 13.1 Å². The van der Waals surface area contributed by atoms with Crippen molar-refractivity contribution in [3.05, 3.63) is 178 Å². The number of aryl methyl sites for hydroxylation is 3. The zero-order valence-electron chi connectivity index (χ0n) is 30.6. The van der Waals surface area contributed by atoms with Gasteiger partial charge in [-0.2, -0.15) is 17.6 Å². The molecule has 0 saturated carbocycles. The maximum atomic E-state index is 15.2. The standard InChI is InChI=1S/C22H21F3N2O.C21H18F4N2O/c1-14-3-6-16(7-4-14)17-8-10-20(27-12-17)22(24,25)21(28,13-26)18-9-5-15(2)11-19(18)23;1-13-2-4-14(5-3-13)15-6-9-19(27-11-15)21(24,25)20(28,12-26)17-8-7-16(22)10-18(17)23/h3-12,28H,13,26H2,1-2H3;2-11,28H,12,26H2,1H3/t21-;20-/m11/s1. The lowest BCUT2D eigenvalue weighted by atomic mass is 9.84. The molecule has 6 N–H and O–H groups in total. The van der Waals surface area contributed by atoms with Crippen molar-refractivity contribution in [1.29, 1.82) is 0 Å². The molecule has 13 heteroatoms. The number of benzene rings is 4. The minimum Gasteiger partial charge on any atom is -0.377 e. The Morgan fingerprint density at radius 3 is 1.18 bits per heavy atom. The number of nitrogens with two attached hydrogens (primary N) is 2. The van der Waals surface area contributed by atoms with Crippen molar-refractivity contribution in [3.8, 4) is 22.3 Å². The zero-order chi connectivity index (χ0) is 41.1. The number of aliphatic hydroxyl groups is 2. The summed E-state index contributed by atoms with van der Waals surface area (Å²) in [7, 11) is 0. The van der Waals surface area contributed by atoms with Gasteiger partial charge in [-0.3, -0.25) is 9.97 Å². The molecule has 6 nitrogen and oxygen atoms in total. The summed E-state index contributed by atoms with van der Waals surface area (Å²) in [5.41, 5.74) is 7.56. The van der Waals surface area contributed by atoms with Gasteiger partial charge in [0.05, 0.1) is 0 Å². The molecular weight excluding hydrogens is 737 g/mol. The topological polar surface area (TPSA) is 118 Å². The summed E-state index contributed by atoms with van der Waals surface area (Å²) in [6.07, 6.45) is 2.54. The molecule has 0 bridgehead atoms. The summed E-state index contributed by atoms with van der Waals surface area (Å²) >= 11 is 0. The van der Waals surface area contributed by atoms with Gasteiger partial charge in [-0.1, -0.05) is 90.0 Å². The van der Waals surface area contributed by atoms with Gasteiger partial charge >= 0.3 is 11.8 Å². The molecule has 2 atom stereocenters. The molecule has 0 saturated heterocycles. The van der Waals surface area contributed by atoms with E-state index < -0.39 is 76.1 Å². The second-order valence-corrected chi connectivity index (χ2v) is 13.5. The lowest BCUT2D eigenvalue weighted by molar-refractivity contribution is -0.193. The molecule has 0 aliphatic heterocycles. The summed E-state index contributed by atoms with van der Waals surface area (Å²) in [5.74, 6) is -11.1. The Hall–Kier alpha value is -5.47. The van der Waals surface area contributed by atoms with Crippen molar-refractivity contribution in [1.82, 2.24) is 9.97 Å². The van der Waals surface area contributed by atoms with Crippen molar-refractivity contribution in [2.45, 2.75) is 43.8 Å². The van der Waals surface area contributed by atoms with Crippen LogP contribution in [0.4, 0.5) is 30.7 Å². The minimum atomic E-state index is -4.02. The fourth-order valence-electron chi connectivity index (χ4n) is 6.01. The second kappa shape index (κ2) is 16.3. The van der Waals surface area contributed by atoms with Gasteiger partial charge in [0, 0.05) is 53.8 Å². The van der Waals surface area contributed by atoms with E-state index in [1.54, 1.807) is 6.92 Å². The molecule has 6 aromatic rings. The Kier molecular flexibility index (Phi) is 12.2. The van der Waals surface area contributed by atoms with Gasteiger partial charge in [-0.25, -0.2) is 13.2 Å². The van der Waals surface area contributed by atoms with Crippen LogP contribution in [-0.2, 0) is 23.0 Å². The molecule has 0 amide bonds. The summed E-state index contributed by atoms with van der Waals surface area (Å²) in [6.45, 7) is 3.63. The first-order valence-corrected chi connectivity index (χ1v) is 17.3. The molecule has 0 aliphatic carbocycles. The average Bonchev–Trinajstić information content (AvgIpc) is 3.18. The fourth-order valence-corrected chi connectivity index (χ4v) is 6.01. The maximum absolute atomic E-state index is 15.2. The van der Waals surface area contributed by atoms with E-state index in [4.69, 9.17) is 11.5 Å². The first-order chi connectivity index (χ1) is 26.4. The number of pyridine rings is 2. The molecule has 0 unspecified atom stereocenters. The van der Waals surface area contributed by atoms with Crippen molar-refractivity contribution in [2.24, 2.45) is 11.5 Å². The van der Waals surface area contributed by atoms with E-state index in [-0.39, 0.29) is 0 Å². The smallest absolute Gasteiger partial charge is 0.323 e. The highest BCUT2D eigenvalue weighted by Crippen LogP contribution is 2.46. The van der Waals surface area contributed by atoms with Crippen LogP contribution in [0.15, 0.2) is 122 Å². The molecule has 0 spiro atoms. The summed E-state index contributed by atoms with van der Waals surface area (Å²) in [5, 5.41) is 21.3. The van der Waals surface area contributed by atoms with Crippen LogP contribution in [0, 0.1) is 38.2 Å². The van der Waals surface area contributed by atoms with Crippen LogP contribution in [0.25, 0.3) is 22.3 Å². The van der Waals surface area contributed by atoms with Gasteiger partial charge in [0.15, 0.2) is 11.2 Å². The number of alkyl halides is 4. The Bertz CT molecular complexity index is 2110. The van der Waals surface area contributed by atoms with Gasteiger partial charge < -0.3 is 21.7 Å². The first kappa shape index (κ1) is 41.7. The number of nitrogens with zero attached hydrogens (tertiary/aromatic N) is 2. The Balaban J connectivity index is 0.000000214. The molecular formula is C43H39F7N4O2. The largest absolute Gasteiger partial charge is 0.377 e. The van der Waals surface area contributed by atoms with E-state index >= 15 is 17.6 Å². The summed E-state index contributed by atoms with van der Waals surface area (Å²) in [6, 6.07) is 25.7. The molecule has 0 radical (unpaired) electrons. The predicted octanol–water partition coefficient (Wildman–Crippen LogP) is 8.72. The van der Waals surface area contributed by atoms with E-state index in [9.17, 15) is 23.4 Å². The molecule has 2 aromatic heterocycles. The van der Waals surface area contributed by atoms with E-state index in [0.717, 1.165) is 58.7 Å². The lowest BCUT2D eigenvalue weighted by Crippen LogP contribution is -2.50. The number of aromatic nitrogens is 2. The highest BCUT2D eigenvalue weighted by molar-refractivity contribution is 5.63. The monoisotopic (exact) mass is 776 g/mol. The van der Waals surface area contributed by atoms with Crippen molar-refractivity contribution in [3.63, 3.8) is 0 Å². The third-order valence-corrected chi connectivity index (χ3v) is 9.52. The van der Waals surface area contributed by atoms with Gasteiger partial charge in [-0.15, -0.1) is 0 Å². The van der Waals surface area contributed by atoms with E-state index in [0.29, 0.717) is 22.8 Å². The molecule has 2 heterocycles. The van der Waals surface area contributed by atoms with Gasteiger partial charge in [0.1, 0.15) is 28.8 Å². The molecule has 56 heavy (non-hydrogen) atoms. The van der Waals surface area contributed by atoms with Crippen LogP contribution in [0.3, 0.4) is 0 Å². The second-order valence-electron chi connectivity index (χ2n) is 13.5. The predicted molar refractivity (Wildman–Crippen MR) is 200 cm³/mol. The summed E-state index contributed by atoms with van der Waals surface area (Å²) in [4.78, 5) is 7.62. The Morgan fingerprint density at radius 1 is 0.482 bits per heavy atom. The summed E-state index contributed by atoms with van der Waals surface area (Å²) < 4.78 is 102. The van der Waals surface area contributed by atoms with E-state index in [2.05, 4.69) is 9.97 Å². The Morgan fingerprint density at radius 2 is 0.839 bits per heavy atom. The number of rotatable bonds is 10. The quantitative estimate of drug-likeness (QED) is 0.103. The Labute approximate surface area is 319 Å².